The number of anilines is 5. The smallest absolute Gasteiger partial charge is 0.324 e. The lowest BCUT2D eigenvalue weighted by atomic mass is 9.96. The molecule has 3 amide bonds. The summed E-state index contributed by atoms with van der Waals surface area (Å²) in [7, 11) is -0.892. The van der Waals surface area contributed by atoms with Gasteiger partial charge in [-0.25, -0.2) is 48.9 Å². The van der Waals surface area contributed by atoms with Gasteiger partial charge in [-0.2, -0.15) is 19.8 Å². The summed E-state index contributed by atoms with van der Waals surface area (Å²) in [4.78, 5) is 76.6. The number of pyridine rings is 2. The number of aromatic amines is 2. The Balaban J connectivity index is 0.000000124. The molecular weight excluding hydrogens is 1410 g/mol. The maximum Gasteiger partial charge on any atom is 0.324 e. The fourth-order valence-electron chi connectivity index (χ4n) is 12.9. The molecule has 31 nitrogen and oxygen atoms in total. The van der Waals surface area contributed by atoms with Gasteiger partial charge in [0.25, 0.3) is 0 Å². The van der Waals surface area contributed by atoms with E-state index in [0.717, 1.165) is 147 Å². The number of carbonyl (C=O) groups excluding carboxylic acids is 2. The van der Waals surface area contributed by atoms with Crippen LogP contribution in [0, 0.1) is 32.5 Å². The monoisotopic (exact) mass is 1490 g/mol. The first-order chi connectivity index (χ1) is 50.2. The molecule has 5 aliphatic rings. The number of morpholine rings is 2. The Morgan fingerprint density at radius 3 is 2.42 bits per heavy atom. The molecule has 1 aliphatic carbocycles. The summed E-state index contributed by atoms with van der Waals surface area (Å²) in [5.74, 6) is 4.70. The number of amides is 3. The number of urea groups is 1. The van der Waals surface area contributed by atoms with Crippen LogP contribution in [0.25, 0.3) is 62.0 Å². The molecule has 1 saturated carbocycles. The summed E-state index contributed by atoms with van der Waals surface area (Å²) in [5.41, 5.74) is 19.9. The second kappa shape index (κ2) is 31.3. The van der Waals surface area contributed by atoms with Gasteiger partial charge in [0, 0.05) is 123 Å². The van der Waals surface area contributed by atoms with Crippen molar-refractivity contribution in [1.29, 1.82) is 4.78 Å². The molecule has 4 fully saturated rings. The number of hydrogen-bond donors (Lipinski definition) is 8. The number of ether oxygens (including phenoxy) is 3. The lowest BCUT2D eigenvalue weighted by molar-refractivity contribution is -0.118. The normalized spacial score (nSPS) is 18.2. The number of carbonyl (C=O) groups is 2. The first-order valence-corrected chi connectivity index (χ1v) is 37.3. The SMILES string of the molecule is CCN1C(=O)CCc2ncc(-c3ccc(-c4ncn[nH]4)nc3C)nc21.C[C@@H]1COCCN1c1cc(C2([S@](C)(=N)=O)CC2)nc(-c2ccnc3[nH]ccc23)n1.Cc1cnc(NC(=O)Nc2cc(C)c(C)cc2OC[C@@H]2CNCCO2)cn1.Cn1cc(-c2cnn3c(N)c(Br)c([C@@H]4CCCNC4)nc23)cn1. The van der Waals surface area contributed by atoms with Crippen molar-refractivity contribution < 1.29 is 28.0 Å². The van der Waals surface area contributed by atoms with Crippen LogP contribution in [0.5, 0.6) is 5.75 Å². The fourth-order valence-corrected chi connectivity index (χ4v) is 14.9. The molecule has 0 unspecified atom stereocenters. The molecule has 4 aliphatic heterocycles. The number of rotatable bonds is 14. The summed E-state index contributed by atoms with van der Waals surface area (Å²) in [6.07, 6.45) is 21.8. The minimum atomic E-state index is -2.79. The number of halogens is 1. The molecule has 0 radical (unpaired) electrons. The molecule has 104 heavy (non-hydrogen) atoms. The van der Waals surface area contributed by atoms with E-state index in [2.05, 4.69) is 104 Å². The number of piperidine rings is 1. The molecule has 11 aromatic rings. The van der Waals surface area contributed by atoms with Crippen LogP contribution in [-0.2, 0) is 42.2 Å². The number of hydrogen-bond acceptors (Lipinski definition) is 24. The molecule has 14 heterocycles. The third kappa shape index (κ3) is 15.9. The van der Waals surface area contributed by atoms with Crippen LogP contribution < -0.4 is 41.5 Å². The standard InChI is InChI=1S/C20H24N6O2S.C19H25N5O3.C17H17N7O.C15H18BrN7/c1-13-12-28-10-9-26(13)17-11-16(20(5-6-20)29(2,21)27)24-19(25-17)15-4-8-23-18-14(15)3-7-22-18;1-12-6-16(23-19(25)24-18-10-21-14(3)8-22-18)17(7-13(12)2)27-11-15-9-20-4-5-26-15;1-3-24-15(25)7-6-13-17(24)22-14(8-18-13)11-4-5-12(21-10(11)2)16-19-9-20-23-16;1-22-8-10(6-19-22)11-7-20-23-14(17)12(16)13(21-15(11)23)9-3-2-4-18-5-9/h3-4,7-8,11,13,21H,5-6,9-10,12H2,1-2H3,(H,22,23);6-8,10,15,20H,4-5,9,11H2,1-3H3,(H2,22,23,24,25);4-5,8-9H,3,6-7H2,1-2H3,(H,19,20,23);6-9,18H,2-5,17H2,1H3/t13-,29-;15-;;9-/m10.1/s1. The van der Waals surface area contributed by atoms with E-state index < -0.39 is 20.5 Å². The maximum atomic E-state index is 12.8. The number of nitrogens with one attached hydrogen (secondary N) is 7. The number of nitrogen functional groups attached to an aromatic ring is 1. The van der Waals surface area contributed by atoms with E-state index in [1.165, 1.54) is 18.8 Å². The van der Waals surface area contributed by atoms with Crippen molar-refractivity contribution in [3.8, 4) is 51.0 Å². The Labute approximate surface area is 609 Å². The molecule has 542 valence electrons. The lowest BCUT2D eigenvalue weighted by Crippen LogP contribution is -2.44. The minimum Gasteiger partial charge on any atom is -0.489 e. The highest BCUT2D eigenvalue weighted by atomic mass is 79.9. The van der Waals surface area contributed by atoms with Gasteiger partial charge in [0.2, 0.25) is 5.91 Å². The van der Waals surface area contributed by atoms with E-state index in [4.69, 9.17) is 44.7 Å². The quantitative estimate of drug-likeness (QED) is 0.0502. The van der Waals surface area contributed by atoms with Crippen LogP contribution in [0.1, 0.15) is 91.5 Å². The van der Waals surface area contributed by atoms with E-state index in [1.54, 1.807) is 38.9 Å². The number of nitrogens with zero attached hydrogens (tertiary/aromatic N) is 17. The molecule has 0 bridgehead atoms. The number of aryl methyl sites for hydroxylation is 6. The molecule has 16 rings (SSSR count). The van der Waals surface area contributed by atoms with Gasteiger partial charge in [-0.05, 0) is 137 Å². The average molecular weight is 1500 g/mol. The Morgan fingerprint density at radius 2 is 1.71 bits per heavy atom. The van der Waals surface area contributed by atoms with Gasteiger partial charge in [-0.1, -0.05) is 0 Å². The molecular formula is C71H84BrN25O6S. The number of H-pyrrole nitrogens is 2. The first kappa shape index (κ1) is 72.0. The van der Waals surface area contributed by atoms with Crippen molar-refractivity contribution >= 4 is 83.2 Å². The van der Waals surface area contributed by atoms with Crippen molar-refractivity contribution in [2.24, 2.45) is 7.05 Å². The lowest BCUT2D eigenvalue weighted by Gasteiger charge is -2.35. The zero-order valence-corrected chi connectivity index (χ0v) is 61.6. The van der Waals surface area contributed by atoms with Gasteiger partial charge in [-0.3, -0.25) is 39.5 Å². The summed E-state index contributed by atoms with van der Waals surface area (Å²) >= 11 is 3.61. The maximum absolute atomic E-state index is 12.8. The van der Waals surface area contributed by atoms with E-state index in [-0.39, 0.29) is 18.1 Å². The molecule has 9 N–H and O–H groups in total. The van der Waals surface area contributed by atoms with Crippen LogP contribution in [0.15, 0.2) is 103 Å². The third-order valence-corrected chi connectivity index (χ3v) is 21.9. The number of benzene rings is 1. The topological polar surface area (TPSA) is 392 Å². The highest BCUT2D eigenvalue weighted by Crippen LogP contribution is 2.53. The van der Waals surface area contributed by atoms with Gasteiger partial charge >= 0.3 is 6.03 Å². The fraction of sp³-hybridized carbons (Fsp3) is 0.394. The predicted molar refractivity (Wildman–Crippen MR) is 400 cm³/mol. The van der Waals surface area contributed by atoms with E-state index in [9.17, 15) is 13.8 Å². The molecule has 0 spiro atoms. The minimum absolute atomic E-state index is 0.00938. The summed E-state index contributed by atoms with van der Waals surface area (Å²) in [6, 6.07) is 13.2. The third-order valence-electron chi connectivity index (χ3n) is 18.9. The Bertz CT molecular complexity index is 5010. The van der Waals surface area contributed by atoms with E-state index in [0.29, 0.717) is 104 Å². The average Bonchev–Trinajstić information content (AvgIpc) is 1.57. The Kier molecular flexibility index (Phi) is 21.7. The van der Waals surface area contributed by atoms with Crippen molar-refractivity contribution in [3.63, 3.8) is 0 Å². The van der Waals surface area contributed by atoms with Gasteiger partial charge in [0.05, 0.1) is 110 Å². The molecule has 4 atom stereocenters. The molecule has 1 aromatic carbocycles. The highest BCUT2D eigenvalue weighted by molar-refractivity contribution is 9.10. The highest BCUT2D eigenvalue weighted by Gasteiger charge is 2.53. The van der Waals surface area contributed by atoms with Crippen LogP contribution >= 0.6 is 15.9 Å². The first-order valence-electron chi connectivity index (χ1n) is 34.6. The van der Waals surface area contributed by atoms with Crippen molar-refractivity contribution in [3.05, 3.63) is 142 Å². The van der Waals surface area contributed by atoms with Crippen molar-refractivity contribution in [2.75, 3.05) is 98.1 Å². The van der Waals surface area contributed by atoms with Gasteiger partial charge < -0.3 is 45.8 Å². The summed E-state index contributed by atoms with van der Waals surface area (Å²) in [6.45, 7) is 19.1. The van der Waals surface area contributed by atoms with E-state index >= 15 is 0 Å². The molecule has 3 saturated heterocycles. The zero-order chi connectivity index (χ0) is 72.8. The van der Waals surface area contributed by atoms with Gasteiger partial charge in [0.1, 0.15) is 47.8 Å². The number of nitrogens with two attached hydrogens (primary N) is 1. The number of aromatic nitrogens is 17. The van der Waals surface area contributed by atoms with E-state index in [1.807, 2.05) is 103 Å². The molecule has 33 heteroatoms. The Hall–Kier alpha value is -10.3. The summed E-state index contributed by atoms with van der Waals surface area (Å²) in [5, 5.41) is 28.4. The predicted octanol–water partition coefficient (Wildman–Crippen LogP) is 9.20. The van der Waals surface area contributed by atoms with Crippen LogP contribution in [0.2, 0.25) is 0 Å². The van der Waals surface area contributed by atoms with Gasteiger partial charge in [0.15, 0.2) is 28.9 Å². The Morgan fingerprint density at radius 1 is 0.875 bits per heavy atom. The molecule has 10 aromatic heterocycles. The zero-order valence-electron chi connectivity index (χ0n) is 59.2. The largest absolute Gasteiger partial charge is 0.489 e. The van der Waals surface area contributed by atoms with Crippen LogP contribution in [0.4, 0.5) is 33.8 Å². The summed E-state index contributed by atoms with van der Waals surface area (Å²) < 4.78 is 41.9. The number of fused-ring (bicyclic) bond motifs is 3. The van der Waals surface area contributed by atoms with Crippen molar-refractivity contribution in [2.45, 2.75) is 103 Å². The second-order valence-corrected chi connectivity index (χ2v) is 29.6. The van der Waals surface area contributed by atoms with Crippen LogP contribution in [-0.4, -0.2) is 185 Å². The second-order valence-electron chi connectivity index (χ2n) is 26.3. The van der Waals surface area contributed by atoms with Crippen LogP contribution in [0.3, 0.4) is 0 Å². The van der Waals surface area contributed by atoms with Gasteiger partial charge in [-0.15, -0.1) is 0 Å². The van der Waals surface area contributed by atoms with Crippen molar-refractivity contribution in [1.82, 2.24) is 95.0 Å².